The van der Waals surface area contributed by atoms with Gasteiger partial charge in [0.15, 0.2) is 0 Å². The molecule has 1 fully saturated rings. The minimum Gasteiger partial charge on any atom is -0.491 e. The Morgan fingerprint density at radius 1 is 1.14 bits per heavy atom. The first-order valence-electron chi connectivity index (χ1n) is 7.44. The van der Waals surface area contributed by atoms with E-state index in [0.717, 1.165) is 18.5 Å². The number of rotatable bonds is 2. The second-order valence-corrected chi connectivity index (χ2v) is 5.64. The molecule has 1 aliphatic heterocycles. The number of nitrogens with zero attached hydrogens (tertiary/aromatic N) is 1. The number of fused-ring (bicyclic) bond motifs is 1. The topological polar surface area (TPSA) is 66.8 Å². The van der Waals surface area contributed by atoms with Gasteiger partial charge in [0, 0.05) is 6.54 Å². The summed E-state index contributed by atoms with van der Waals surface area (Å²) in [6.07, 6.45) is 2.82. The minimum atomic E-state index is -0.856. The summed E-state index contributed by atoms with van der Waals surface area (Å²) < 4.78 is 5.66. The van der Waals surface area contributed by atoms with E-state index < -0.39 is 17.8 Å². The van der Waals surface area contributed by atoms with Gasteiger partial charge in [-0.2, -0.15) is 0 Å². The summed E-state index contributed by atoms with van der Waals surface area (Å²) in [4.78, 5) is 25.9. The number of amides is 1. The zero-order valence-electron chi connectivity index (χ0n) is 11.8. The van der Waals surface area contributed by atoms with Gasteiger partial charge in [-0.15, -0.1) is 0 Å². The molecule has 3 rings (SSSR count). The third-order valence-corrected chi connectivity index (χ3v) is 4.36. The molecule has 1 saturated carbocycles. The van der Waals surface area contributed by atoms with Crippen molar-refractivity contribution in [3.05, 3.63) is 24.3 Å². The summed E-state index contributed by atoms with van der Waals surface area (Å²) in [6.45, 7) is 1.16. The molecule has 1 N–H and O–H groups in total. The van der Waals surface area contributed by atoms with Crippen LogP contribution in [-0.4, -0.2) is 30.1 Å². The molecule has 0 aromatic heterocycles. The molecule has 0 bridgehead atoms. The third kappa shape index (κ3) is 2.60. The van der Waals surface area contributed by atoms with Crippen molar-refractivity contribution in [1.82, 2.24) is 0 Å². The Hall–Kier alpha value is -2.04. The highest BCUT2D eigenvalue weighted by atomic mass is 16.5. The number of benzene rings is 1. The Labute approximate surface area is 123 Å². The number of ether oxygens (including phenoxy) is 1. The summed E-state index contributed by atoms with van der Waals surface area (Å²) in [5.74, 6) is -1.18. The third-order valence-electron chi connectivity index (χ3n) is 4.36. The van der Waals surface area contributed by atoms with Crippen LogP contribution in [0.5, 0.6) is 5.75 Å². The average Bonchev–Trinajstić information content (AvgIpc) is 2.88. The van der Waals surface area contributed by atoms with Crippen molar-refractivity contribution in [1.29, 1.82) is 0 Å². The van der Waals surface area contributed by atoms with E-state index in [1.54, 1.807) is 4.90 Å². The fourth-order valence-corrected chi connectivity index (χ4v) is 3.31. The monoisotopic (exact) mass is 289 g/mol. The van der Waals surface area contributed by atoms with Crippen molar-refractivity contribution in [3.63, 3.8) is 0 Å². The molecule has 1 aromatic carbocycles. The number of aliphatic carboxylic acids is 1. The first-order valence-corrected chi connectivity index (χ1v) is 7.44. The SMILES string of the molecule is O=C(O)C1CCCC1C(=O)N1CCCOc2ccccc21. The molecule has 0 saturated heterocycles. The van der Waals surface area contributed by atoms with E-state index in [0.29, 0.717) is 31.7 Å². The normalized spacial score (nSPS) is 24.9. The Morgan fingerprint density at radius 3 is 2.71 bits per heavy atom. The fourth-order valence-electron chi connectivity index (χ4n) is 3.31. The van der Waals surface area contributed by atoms with E-state index in [-0.39, 0.29) is 5.91 Å². The van der Waals surface area contributed by atoms with Gasteiger partial charge < -0.3 is 14.7 Å². The Morgan fingerprint density at radius 2 is 1.90 bits per heavy atom. The molecule has 21 heavy (non-hydrogen) atoms. The number of carbonyl (C=O) groups is 2. The van der Waals surface area contributed by atoms with Gasteiger partial charge in [-0.05, 0) is 31.4 Å². The van der Waals surface area contributed by atoms with Gasteiger partial charge in [0.2, 0.25) is 5.91 Å². The van der Waals surface area contributed by atoms with Crippen molar-refractivity contribution in [2.75, 3.05) is 18.1 Å². The van der Waals surface area contributed by atoms with Gasteiger partial charge in [0.1, 0.15) is 5.75 Å². The van der Waals surface area contributed by atoms with Crippen LogP contribution in [0.1, 0.15) is 25.7 Å². The minimum absolute atomic E-state index is 0.0714. The molecular weight excluding hydrogens is 270 g/mol. The Kier molecular flexibility index (Phi) is 3.82. The highest BCUT2D eigenvalue weighted by Crippen LogP contribution is 2.37. The van der Waals surface area contributed by atoms with Gasteiger partial charge in [0.05, 0.1) is 24.1 Å². The average molecular weight is 289 g/mol. The number of carbonyl (C=O) groups excluding carboxylic acids is 1. The molecule has 1 amide bonds. The molecule has 2 aliphatic rings. The van der Waals surface area contributed by atoms with Crippen molar-refractivity contribution < 1.29 is 19.4 Å². The van der Waals surface area contributed by atoms with Gasteiger partial charge in [-0.3, -0.25) is 9.59 Å². The molecule has 2 atom stereocenters. The predicted molar refractivity (Wildman–Crippen MR) is 77.4 cm³/mol. The van der Waals surface area contributed by atoms with Crippen LogP contribution in [0.3, 0.4) is 0 Å². The molecule has 5 heteroatoms. The highest BCUT2D eigenvalue weighted by Gasteiger charge is 2.40. The van der Waals surface area contributed by atoms with Gasteiger partial charge in [-0.25, -0.2) is 0 Å². The second kappa shape index (κ2) is 5.76. The summed E-state index contributed by atoms with van der Waals surface area (Å²) in [7, 11) is 0. The lowest BCUT2D eigenvalue weighted by Crippen LogP contribution is -2.39. The molecule has 1 aliphatic carbocycles. The van der Waals surface area contributed by atoms with E-state index in [1.165, 1.54) is 0 Å². The predicted octanol–water partition coefficient (Wildman–Crippen LogP) is 2.30. The van der Waals surface area contributed by atoms with E-state index in [1.807, 2.05) is 24.3 Å². The van der Waals surface area contributed by atoms with Crippen molar-refractivity contribution in [2.45, 2.75) is 25.7 Å². The molecule has 1 aromatic rings. The summed E-state index contributed by atoms with van der Waals surface area (Å²) in [5, 5.41) is 9.29. The van der Waals surface area contributed by atoms with Crippen molar-refractivity contribution in [3.8, 4) is 5.75 Å². The molecule has 0 spiro atoms. The lowest BCUT2D eigenvalue weighted by molar-refractivity contribution is -0.145. The van der Waals surface area contributed by atoms with Crippen LogP contribution in [0, 0.1) is 11.8 Å². The molecule has 5 nitrogen and oxygen atoms in total. The number of carboxylic acids is 1. The maximum Gasteiger partial charge on any atom is 0.307 e. The van der Waals surface area contributed by atoms with E-state index in [4.69, 9.17) is 4.74 Å². The lowest BCUT2D eigenvalue weighted by atomic mass is 9.94. The fraction of sp³-hybridized carbons (Fsp3) is 0.500. The molecule has 0 radical (unpaired) electrons. The molecule has 2 unspecified atom stereocenters. The molecule has 112 valence electrons. The van der Waals surface area contributed by atoms with Crippen LogP contribution < -0.4 is 9.64 Å². The summed E-state index contributed by atoms with van der Waals surface area (Å²) >= 11 is 0. The first kappa shape index (κ1) is 13.9. The van der Waals surface area contributed by atoms with Gasteiger partial charge in [0.25, 0.3) is 0 Å². The molecular formula is C16H19NO4. The van der Waals surface area contributed by atoms with Gasteiger partial charge in [-0.1, -0.05) is 18.6 Å². The highest BCUT2D eigenvalue weighted by molar-refractivity contribution is 5.98. The smallest absolute Gasteiger partial charge is 0.307 e. The van der Waals surface area contributed by atoms with Crippen LogP contribution >= 0.6 is 0 Å². The quantitative estimate of drug-likeness (QED) is 0.907. The number of hydrogen-bond donors (Lipinski definition) is 1. The number of hydrogen-bond acceptors (Lipinski definition) is 3. The summed E-state index contributed by atoms with van der Waals surface area (Å²) in [6, 6.07) is 7.47. The summed E-state index contributed by atoms with van der Waals surface area (Å²) in [5.41, 5.74) is 0.760. The van der Waals surface area contributed by atoms with Crippen LogP contribution in [0.25, 0.3) is 0 Å². The van der Waals surface area contributed by atoms with Crippen LogP contribution in [0.2, 0.25) is 0 Å². The number of carboxylic acid groups (broad SMARTS) is 1. The van der Waals surface area contributed by atoms with Crippen molar-refractivity contribution >= 4 is 17.6 Å². The standard InChI is InChI=1S/C16H19NO4/c18-15(11-5-3-6-12(11)16(19)20)17-9-4-10-21-14-8-2-1-7-13(14)17/h1-2,7-8,11-12H,3-6,9-10H2,(H,19,20). The first-order chi connectivity index (χ1) is 10.2. The Balaban J connectivity index is 1.89. The number of para-hydroxylation sites is 2. The number of anilines is 1. The second-order valence-electron chi connectivity index (χ2n) is 5.64. The van der Waals surface area contributed by atoms with Crippen molar-refractivity contribution in [2.24, 2.45) is 11.8 Å². The van der Waals surface area contributed by atoms with Gasteiger partial charge >= 0.3 is 5.97 Å². The van der Waals surface area contributed by atoms with Crippen LogP contribution in [0.15, 0.2) is 24.3 Å². The van der Waals surface area contributed by atoms with E-state index in [2.05, 4.69) is 0 Å². The largest absolute Gasteiger partial charge is 0.491 e. The van der Waals surface area contributed by atoms with E-state index in [9.17, 15) is 14.7 Å². The zero-order chi connectivity index (χ0) is 14.8. The lowest BCUT2D eigenvalue weighted by Gasteiger charge is -2.26. The maximum atomic E-state index is 12.8. The zero-order valence-corrected chi connectivity index (χ0v) is 11.8. The van der Waals surface area contributed by atoms with Crippen LogP contribution in [-0.2, 0) is 9.59 Å². The van der Waals surface area contributed by atoms with Crippen LogP contribution in [0.4, 0.5) is 5.69 Å². The molecule has 1 heterocycles. The Bertz CT molecular complexity index is 557. The van der Waals surface area contributed by atoms with E-state index >= 15 is 0 Å². The maximum absolute atomic E-state index is 12.8.